The van der Waals surface area contributed by atoms with Crippen LogP contribution in [0.15, 0.2) is 52.7 Å². The Morgan fingerprint density at radius 2 is 1.43 bits per heavy atom. The minimum absolute atomic E-state index is 0.0713. The fraction of sp³-hybridized carbons (Fsp3) is 0.525. The van der Waals surface area contributed by atoms with Gasteiger partial charge in [0.2, 0.25) is 0 Å². The molecule has 1 aromatic heterocycles. The van der Waals surface area contributed by atoms with Crippen LogP contribution in [0.2, 0.25) is 0 Å². The molecule has 0 aliphatic carbocycles. The van der Waals surface area contributed by atoms with Gasteiger partial charge in [0.15, 0.2) is 5.00 Å². The molecule has 0 aliphatic heterocycles. The average Bonchev–Trinajstić information content (AvgIpc) is 3.48. The Morgan fingerprint density at radius 1 is 0.796 bits per heavy atom. The van der Waals surface area contributed by atoms with Gasteiger partial charge in [-0.1, -0.05) is 18.2 Å². The summed E-state index contributed by atoms with van der Waals surface area (Å²) in [5, 5.41) is 28.0. The van der Waals surface area contributed by atoms with Gasteiger partial charge < -0.3 is 38.1 Å². The van der Waals surface area contributed by atoms with E-state index in [2.05, 4.69) is 40.3 Å². The van der Waals surface area contributed by atoms with Crippen molar-refractivity contribution in [2.24, 2.45) is 10.2 Å². The smallest absolute Gasteiger partial charge is 0.338 e. The number of likely N-dealkylation sites (N-methyl/N-ethyl adjacent to an activating group) is 1. The molecule has 3 rings (SSSR count). The zero-order valence-electron chi connectivity index (χ0n) is 32.3. The Labute approximate surface area is 323 Å². The van der Waals surface area contributed by atoms with Crippen LogP contribution in [-0.4, -0.2) is 104 Å². The molecule has 0 radical (unpaired) electrons. The molecule has 14 heteroatoms. The zero-order chi connectivity index (χ0) is 39.1. The second-order valence-corrected chi connectivity index (χ2v) is 13.4. The molecular weight excluding hydrogens is 711 g/mol. The number of nitriles is 2. The van der Waals surface area contributed by atoms with Gasteiger partial charge in [-0.3, -0.25) is 0 Å². The lowest BCUT2D eigenvalue weighted by Crippen LogP contribution is -2.38. The minimum Gasteiger partial charge on any atom is -0.460 e. The highest BCUT2D eigenvalue weighted by molar-refractivity contribution is 7.16. The third-order valence-corrected chi connectivity index (χ3v) is 9.16. The van der Waals surface area contributed by atoms with Gasteiger partial charge in [-0.2, -0.15) is 10.5 Å². The number of ether oxygens (including phenoxy) is 7. The Hall–Kier alpha value is -4.25. The summed E-state index contributed by atoms with van der Waals surface area (Å²) in [6.07, 6.45) is -0.107. The van der Waals surface area contributed by atoms with Gasteiger partial charge in [-0.15, -0.1) is 21.6 Å². The number of nitrogens with zero attached hydrogens (tertiary/aromatic N) is 5. The number of hydrogen-bond donors (Lipinski definition) is 0. The lowest BCUT2D eigenvalue weighted by Gasteiger charge is -2.29. The first-order chi connectivity index (χ1) is 26.2. The number of anilines is 1. The van der Waals surface area contributed by atoms with Crippen molar-refractivity contribution >= 4 is 33.7 Å². The first-order valence-electron chi connectivity index (χ1n) is 18.2. The molecule has 2 aromatic carbocycles. The summed E-state index contributed by atoms with van der Waals surface area (Å²) >= 11 is 1.17. The highest BCUT2D eigenvalue weighted by Gasteiger charge is 2.18. The summed E-state index contributed by atoms with van der Waals surface area (Å²) in [6.45, 7) is 17.4. The Morgan fingerprint density at radius 3 is 2.00 bits per heavy atom. The quantitative estimate of drug-likeness (QED) is 0.0456. The van der Waals surface area contributed by atoms with Crippen molar-refractivity contribution in [2.75, 3.05) is 90.7 Å². The van der Waals surface area contributed by atoms with Crippen LogP contribution in [-0.2, 0) is 33.2 Å². The van der Waals surface area contributed by atoms with Crippen LogP contribution in [0.3, 0.4) is 0 Å². The molecule has 54 heavy (non-hydrogen) atoms. The van der Waals surface area contributed by atoms with Gasteiger partial charge in [0.1, 0.15) is 23.6 Å². The highest BCUT2D eigenvalue weighted by atomic mass is 32.1. The van der Waals surface area contributed by atoms with E-state index in [1.54, 1.807) is 13.0 Å². The molecule has 292 valence electrons. The molecule has 3 aromatic rings. The van der Waals surface area contributed by atoms with Crippen molar-refractivity contribution in [3.05, 3.63) is 75.2 Å². The second kappa shape index (κ2) is 24.9. The highest BCUT2D eigenvalue weighted by Crippen LogP contribution is 2.36. The molecule has 0 N–H and O–H groups in total. The fourth-order valence-corrected chi connectivity index (χ4v) is 5.96. The van der Waals surface area contributed by atoms with E-state index < -0.39 is 0 Å². The fourth-order valence-electron chi connectivity index (χ4n) is 5.08. The molecule has 0 fully saturated rings. The Balaban J connectivity index is 1.30. The summed E-state index contributed by atoms with van der Waals surface area (Å²) in [5.74, 6) is -0.349. The molecule has 1 unspecified atom stereocenters. The van der Waals surface area contributed by atoms with Crippen molar-refractivity contribution in [1.82, 2.24) is 0 Å². The number of azo groups is 1. The maximum Gasteiger partial charge on any atom is 0.338 e. The molecule has 0 saturated heterocycles. The van der Waals surface area contributed by atoms with E-state index in [0.29, 0.717) is 105 Å². The zero-order valence-corrected chi connectivity index (χ0v) is 33.1. The summed E-state index contributed by atoms with van der Waals surface area (Å²) in [4.78, 5) is 14.8. The number of thiophene rings is 1. The van der Waals surface area contributed by atoms with Crippen molar-refractivity contribution in [1.29, 1.82) is 10.5 Å². The Bertz CT molecular complexity index is 1700. The van der Waals surface area contributed by atoms with E-state index in [1.165, 1.54) is 11.3 Å². The summed E-state index contributed by atoms with van der Waals surface area (Å²) < 4.78 is 39.7. The number of benzene rings is 2. The van der Waals surface area contributed by atoms with Gasteiger partial charge in [0.05, 0.1) is 95.1 Å². The first-order valence-corrected chi connectivity index (χ1v) is 19.0. The molecule has 0 bridgehead atoms. The van der Waals surface area contributed by atoms with Crippen LogP contribution in [0.4, 0.5) is 16.4 Å². The van der Waals surface area contributed by atoms with Gasteiger partial charge in [-0.25, -0.2) is 4.79 Å². The lowest BCUT2D eigenvalue weighted by atomic mass is 10.1. The molecular formula is C40H53N5O8S. The summed E-state index contributed by atoms with van der Waals surface area (Å²) in [6, 6.07) is 17.5. The van der Waals surface area contributed by atoms with E-state index in [9.17, 15) is 15.3 Å². The number of aryl methyl sites for hydroxylation is 2. The number of carbonyl (C=O) groups excluding carboxylic acids is 1. The standard InChI is InChI=1S/C40H53N5O8S/c1-7-45(33-12-13-37(31(5)24-33)43-44-39-36(25-41)32(6)38(26-42)54-39)27-34(28-53-29(2)3)51-22-20-49-18-16-47-14-15-48-17-19-50-21-23-52-40(46)35-11-9-8-10-30(35)4/h8-13,24,29,34H,7,14-23,27-28H2,1-6H3/b44-43+. The van der Waals surface area contributed by atoms with Crippen LogP contribution < -0.4 is 4.90 Å². The topological polar surface area (TPSA) is 157 Å². The minimum atomic E-state index is -0.349. The molecule has 0 saturated carbocycles. The van der Waals surface area contributed by atoms with Gasteiger partial charge >= 0.3 is 5.97 Å². The normalized spacial score (nSPS) is 11.9. The van der Waals surface area contributed by atoms with E-state index in [1.807, 2.05) is 58.0 Å². The largest absolute Gasteiger partial charge is 0.460 e. The summed E-state index contributed by atoms with van der Waals surface area (Å²) in [7, 11) is 0. The molecule has 13 nitrogen and oxygen atoms in total. The maximum absolute atomic E-state index is 12.1. The van der Waals surface area contributed by atoms with Crippen LogP contribution in [0, 0.1) is 43.4 Å². The van der Waals surface area contributed by atoms with Crippen LogP contribution >= 0.6 is 11.3 Å². The monoisotopic (exact) mass is 763 g/mol. The van der Waals surface area contributed by atoms with Crippen LogP contribution in [0.25, 0.3) is 0 Å². The van der Waals surface area contributed by atoms with Gasteiger partial charge in [0.25, 0.3) is 0 Å². The second-order valence-electron chi connectivity index (χ2n) is 12.4. The predicted molar refractivity (Wildman–Crippen MR) is 207 cm³/mol. The molecule has 0 amide bonds. The van der Waals surface area contributed by atoms with Crippen molar-refractivity contribution in [2.45, 2.75) is 53.8 Å². The SMILES string of the molecule is CCN(CC(COC(C)C)OCCOCCOCCOCCOCCOC(=O)c1ccccc1C)c1ccc(/N=N/c2sc(C#N)c(C)c2C#N)c(C)c1. The van der Waals surface area contributed by atoms with Crippen molar-refractivity contribution in [3.8, 4) is 12.1 Å². The molecule has 0 spiro atoms. The van der Waals surface area contributed by atoms with Crippen LogP contribution in [0.1, 0.15) is 58.3 Å². The summed E-state index contributed by atoms with van der Waals surface area (Å²) in [5.41, 5.74) is 5.09. The molecule has 0 aliphatic rings. The number of hydrogen-bond acceptors (Lipinski definition) is 14. The van der Waals surface area contributed by atoms with Crippen LogP contribution in [0.5, 0.6) is 0 Å². The predicted octanol–water partition coefficient (Wildman–Crippen LogP) is 7.39. The average molecular weight is 764 g/mol. The van der Waals surface area contributed by atoms with E-state index in [-0.39, 0.29) is 24.8 Å². The lowest BCUT2D eigenvalue weighted by molar-refractivity contribution is -0.0538. The number of esters is 1. The third kappa shape index (κ3) is 15.2. The van der Waals surface area contributed by atoms with E-state index >= 15 is 0 Å². The van der Waals surface area contributed by atoms with Crippen molar-refractivity contribution in [3.63, 3.8) is 0 Å². The molecule has 1 atom stereocenters. The first kappa shape index (κ1) is 44.1. The Kier molecular flexibility index (Phi) is 20.4. The van der Waals surface area contributed by atoms with Gasteiger partial charge in [0, 0.05) is 18.8 Å². The third-order valence-electron chi connectivity index (χ3n) is 8.08. The van der Waals surface area contributed by atoms with Crippen molar-refractivity contribution < 1.29 is 38.0 Å². The van der Waals surface area contributed by atoms with Gasteiger partial charge in [-0.05, 0) is 82.5 Å². The number of carbonyl (C=O) groups is 1. The van der Waals surface area contributed by atoms with E-state index in [0.717, 1.165) is 23.4 Å². The number of rotatable bonds is 26. The molecule has 1 heterocycles. The van der Waals surface area contributed by atoms with E-state index in [4.69, 9.17) is 33.2 Å². The maximum atomic E-state index is 12.1.